The molecule has 1 atom stereocenters. The van der Waals surface area contributed by atoms with Gasteiger partial charge in [0.2, 0.25) is 0 Å². The van der Waals surface area contributed by atoms with Gasteiger partial charge in [0.1, 0.15) is 0 Å². The number of esters is 1. The summed E-state index contributed by atoms with van der Waals surface area (Å²) in [5.74, 6) is 0.335. The molecule has 106 valence electrons. The lowest BCUT2D eigenvalue weighted by molar-refractivity contribution is -0.144. The molecule has 0 aliphatic heterocycles. The predicted molar refractivity (Wildman–Crippen MR) is 79.3 cm³/mol. The van der Waals surface area contributed by atoms with Crippen LogP contribution in [-0.2, 0) is 9.53 Å². The van der Waals surface area contributed by atoms with Crippen LogP contribution < -0.4 is 5.32 Å². The van der Waals surface area contributed by atoms with E-state index in [0.717, 1.165) is 18.5 Å². The van der Waals surface area contributed by atoms with Crippen molar-refractivity contribution in [1.82, 2.24) is 0 Å². The summed E-state index contributed by atoms with van der Waals surface area (Å²) >= 11 is 0. The fraction of sp³-hybridized carbons (Fsp3) is 0.562. The maximum Gasteiger partial charge on any atom is 0.307 e. The molecule has 3 nitrogen and oxygen atoms in total. The highest BCUT2D eigenvalue weighted by atomic mass is 16.5. The number of aryl methyl sites for hydroxylation is 1. The molecular formula is C16H25NO2. The first-order valence-electron chi connectivity index (χ1n) is 7.08. The molecule has 1 rings (SSSR count). The number of anilines is 1. The Morgan fingerprint density at radius 3 is 2.79 bits per heavy atom. The Kier molecular flexibility index (Phi) is 7.01. The third-order valence-electron chi connectivity index (χ3n) is 3.10. The van der Waals surface area contributed by atoms with E-state index in [9.17, 15) is 4.79 Å². The predicted octanol–water partition coefficient (Wildman–Crippen LogP) is 3.78. The van der Waals surface area contributed by atoms with Crippen molar-refractivity contribution in [3.8, 4) is 0 Å². The van der Waals surface area contributed by atoms with Crippen LogP contribution >= 0.6 is 0 Å². The van der Waals surface area contributed by atoms with Crippen molar-refractivity contribution >= 4 is 11.7 Å². The molecule has 1 aromatic carbocycles. The first kappa shape index (κ1) is 15.5. The van der Waals surface area contributed by atoms with Crippen molar-refractivity contribution in [2.45, 2.75) is 40.0 Å². The van der Waals surface area contributed by atoms with Crippen molar-refractivity contribution < 1.29 is 9.53 Å². The molecule has 0 heterocycles. The Bertz CT molecular complexity index is 390. The van der Waals surface area contributed by atoms with Crippen LogP contribution in [0.4, 0.5) is 5.69 Å². The van der Waals surface area contributed by atoms with Gasteiger partial charge in [-0.3, -0.25) is 4.79 Å². The second-order valence-corrected chi connectivity index (χ2v) is 5.07. The molecule has 0 aliphatic carbocycles. The number of benzene rings is 1. The van der Waals surface area contributed by atoms with Gasteiger partial charge in [-0.15, -0.1) is 0 Å². The summed E-state index contributed by atoms with van der Waals surface area (Å²) in [5.41, 5.74) is 2.27. The Morgan fingerprint density at radius 1 is 1.37 bits per heavy atom. The fourth-order valence-electron chi connectivity index (χ4n) is 1.95. The Morgan fingerprint density at radius 2 is 2.11 bits per heavy atom. The summed E-state index contributed by atoms with van der Waals surface area (Å²) < 4.78 is 5.25. The summed E-state index contributed by atoms with van der Waals surface area (Å²) in [6.07, 6.45) is 2.65. The van der Waals surface area contributed by atoms with Gasteiger partial charge in [-0.05, 0) is 30.9 Å². The molecule has 0 aromatic heterocycles. The van der Waals surface area contributed by atoms with Gasteiger partial charge in [-0.1, -0.05) is 38.5 Å². The van der Waals surface area contributed by atoms with Crippen LogP contribution in [0.15, 0.2) is 24.3 Å². The Balaban J connectivity index is 2.19. The van der Waals surface area contributed by atoms with Crippen LogP contribution in [0, 0.1) is 12.8 Å². The van der Waals surface area contributed by atoms with E-state index in [1.54, 1.807) is 0 Å². The van der Waals surface area contributed by atoms with E-state index >= 15 is 0 Å². The molecule has 1 unspecified atom stereocenters. The fourth-order valence-corrected chi connectivity index (χ4v) is 1.95. The standard InChI is InChI=1S/C16H25NO2/c1-4-7-13(2)12-19-16(18)10-11-17-15-9-6-5-8-14(15)3/h5-6,8-9,13,17H,4,7,10-12H2,1-3H3. The van der Waals surface area contributed by atoms with E-state index < -0.39 is 0 Å². The third-order valence-corrected chi connectivity index (χ3v) is 3.10. The van der Waals surface area contributed by atoms with E-state index in [4.69, 9.17) is 4.74 Å². The minimum Gasteiger partial charge on any atom is -0.465 e. The largest absolute Gasteiger partial charge is 0.465 e. The number of ether oxygens (including phenoxy) is 1. The number of hydrogen-bond acceptors (Lipinski definition) is 3. The van der Waals surface area contributed by atoms with Crippen molar-refractivity contribution in [2.75, 3.05) is 18.5 Å². The number of hydrogen-bond donors (Lipinski definition) is 1. The highest BCUT2D eigenvalue weighted by Gasteiger charge is 2.06. The average Bonchev–Trinajstić information content (AvgIpc) is 2.39. The molecule has 1 N–H and O–H groups in total. The average molecular weight is 263 g/mol. The van der Waals surface area contributed by atoms with Crippen molar-refractivity contribution in [3.63, 3.8) is 0 Å². The van der Waals surface area contributed by atoms with Crippen molar-refractivity contribution in [1.29, 1.82) is 0 Å². The molecule has 0 bridgehead atoms. The first-order chi connectivity index (χ1) is 9.13. The molecule has 0 aliphatic rings. The zero-order chi connectivity index (χ0) is 14.1. The maximum absolute atomic E-state index is 11.6. The lowest BCUT2D eigenvalue weighted by atomic mass is 10.1. The van der Waals surface area contributed by atoms with Gasteiger partial charge in [0, 0.05) is 12.2 Å². The summed E-state index contributed by atoms with van der Waals surface area (Å²) in [6, 6.07) is 8.06. The summed E-state index contributed by atoms with van der Waals surface area (Å²) in [5, 5.41) is 3.26. The number of para-hydroxylation sites is 1. The Hall–Kier alpha value is -1.51. The maximum atomic E-state index is 11.6. The van der Waals surface area contributed by atoms with Gasteiger partial charge < -0.3 is 10.1 Å². The van der Waals surface area contributed by atoms with Crippen LogP contribution in [0.1, 0.15) is 38.7 Å². The molecular weight excluding hydrogens is 238 g/mol. The second kappa shape index (κ2) is 8.57. The van der Waals surface area contributed by atoms with Crippen LogP contribution in [-0.4, -0.2) is 19.1 Å². The van der Waals surface area contributed by atoms with Crippen LogP contribution in [0.3, 0.4) is 0 Å². The van der Waals surface area contributed by atoms with Gasteiger partial charge in [-0.25, -0.2) is 0 Å². The molecule has 0 saturated heterocycles. The number of carbonyl (C=O) groups is 1. The zero-order valence-corrected chi connectivity index (χ0v) is 12.2. The summed E-state index contributed by atoms with van der Waals surface area (Å²) in [6.45, 7) is 7.46. The van der Waals surface area contributed by atoms with E-state index in [1.165, 1.54) is 5.56 Å². The number of rotatable bonds is 8. The molecule has 0 fully saturated rings. The smallest absolute Gasteiger partial charge is 0.307 e. The molecule has 0 radical (unpaired) electrons. The molecule has 19 heavy (non-hydrogen) atoms. The molecule has 0 saturated carbocycles. The SMILES string of the molecule is CCCC(C)COC(=O)CCNc1ccccc1C. The quantitative estimate of drug-likeness (QED) is 0.725. The molecule has 0 amide bonds. The van der Waals surface area contributed by atoms with E-state index in [2.05, 4.69) is 19.2 Å². The summed E-state index contributed by atoms with van der Waals surface area (Å²) in [4.78, 5) is 11.6. The van der Waals surface area contributed by atoms with Gasteiger partial charge in [0.05, 0.1) is 13.0 Å². The monoisotopic (exact) mass is 263 g/mol. The minimum absolute atomic E-state index is 0.121. The van der Waals surface area contributed by atoms with Crippen LogP contribution in [0.2, 0.25) is 0 Å². The second-order valence-electron chi connectivity index (χ2n) is 5.07. The highest BCUT2D eigenvalue weighted by molar-refractivity contribution is 5.70. The Labute approximate surface area is 116 Å². The first-order valence-corrected chi connectivity index (χ1v) is 7.08. The van der Waals surface area contributed by atoms with Crippen molar-refractivity contribution in [2.24, 2.45) is 5.92 Å². The minimum atomic E-state index is -0.121. The van der Waals surface area contributed by atoms with E-state index in [-0.39, 0.29) is 5.97 Å². The lowest BCUT2D eigenvalue weighted by Crippen LogP contribution is -2.15. The van der Waals surface area contributed by atoms with Crippen LogP contribution in [0.25, 0.3) is 0 Å². The van der Waals surface area contributed by atoms with Crippen LogP contribution in [0.5, 0.6) is 0 Å². The van der Waals surface area contributed by atoms with Gasteiger partial charge in [0.15, 0.2) is 0 Å². The van der Waals surface area contributed by atoms with Gasteiger partial charge >= 0.3 is 5.97 Å². The normalized spacial score (nSPS) is 11.9. The highest BCUT2D eigenvalue weighted by Crippen LogP contribution is 2.13. The molecule has 0 spiro atoms. The lowest BCUT2D eigenvalue weighted by Gasteiger charge is -2.12. The van der Waals surface area contributed by atoms with E-state index in [1.807, 2.05) is 31.2 Å². The van der Waals surface area contributed by atoms with E-state index in [0.29, 0.717) is 25.5 Å². The zero-order valence-electron chi connectivity index (χ0n) is 12.2. The van der Waals surface area contributed by atoms with Gasteiger partial charge in [0.25, 0.3) is 0 Å². The van der Waals surface area contributed by atoms with Crippen molar-refractivity contribution in [3.05, 3.63) is 29.8 Å². The number of nitrogens with one attached hydrogen (secondary N) is 1. The third kappa shape index (κ3) is 6.27. The van der Waals surface area contributed by atoms with Gasteiger partial charge in [-0.2, -0.15) is 0 Å². The molecule has 3 heteroatoms. The number of carbonyl (C=O) groups excluding carboxylic acids is 1. The summed E-state index contributed by atoms with van der Waals surface area (Å²) in [7, 11) is 0. The molecule has 1 aromatic rings. The topological polar surface area (TPSA) is 38.3 Å².